The molecule has 1 aromatic carbocycles. The van der Waals surface area contributed by atoms with E-state index in [4.69, 9.17) is 4.42 Å². The maximum atomic E-state index is 13.1. The fraction of sp³-hybridized carbons (Fsp3) is 0.438. The molecule has 0 aliphatic carbocycles. The molecule has 0 radical (unpaired) electrons. The van der Waals surface area contributed by atoms with Crippen molar-refractivity contribution in [2.45, 2.75) is 25.3 Å². The van der Waals surface area contributed by atoms with Gasteiger partial charge in [0.15, 0.2) is 5.76 Å². The highest BCUT2D eigenvalue weighted by Gasteiger charge is 2.20. The molecule has 2 heterocycles. The van der Waals surface area contributed by atoms with E-state index in [1.165, 1.54) is 31.0 Å². The fourth-order valence-corrected chi connectivity index (χ4v) is 2.91. The van der Waals surface area contributed by atoms with Gasteiger partial charge in [-0.05, 0) is 57.1 Å². The molecule has 1 saturated heterocycles. The van der Waals surface area contributed by atoms with Gasteiger partial charge in [-0.2, -0.15) is 0 Å². The standard InChI is InChI=1S/C16H19FN2O2/c1-19-8-2-3-13(19)6-7-18-16(20)15-10-11-9-12(17)4-5-14(11)21-15/h4-5,9-10,13H,2-3,6-8H2,1H3,(H,18,20)/t13-/m0/s1. The van der Waals surface area contributed by atoms with Gasteiger partial charge in [-0.1, -0.05) is 0 Å². The molecule has 2 aromatic rings. The Hall–Kier alpha value is -1.88. The second kappa shape index (κ2) is 5.85. The number of fused-ring (bicyclic) bond motifs is 1. The van der Waals surface area contributed by atoms with Crippen molar-refractivity contribution in [2.24, 2.45) is 0 Å². The number of likely N-dealkylation sites (tertiary alicyclic amines) is 1. The van der Waals surface area contributed by atoms with Gasteiger partial charge in [0.25, 0.3) is 5.91 Å². The Bertz CT molecular complexity index is 653. The number of benzene rings is 1. The molecular formula is C16H19FN2O2. The van der Waals surface area contributed by atoms with Crippen LogP contribution < -0.4 is 5.32 Å². The molecule has 0 saturated carbocycles. The molecule has 0 spiro atoms. The fourth-order valence-electron chi connectivity index (χ4n) is 2.91. The summed E-state index contributed by atoms with van der Waals surface area (Å²) in [6, 6.07) is 6.35. The molecule has 1 aromatic heterocycles. The molecule has 5 heteroatoms. The van der Waals surface area contributed by atoms with Crippen LogP contribution in [0.3, 0.4) is 0 Å². The average Bonchev–Trinajstić information content (AvgIpc) is 3.05. The molecule has 112 valence electrons. The van der Waals surface area contributed by atoms with E-state index in [-0.39, 0.29) is 17.5 Å². The lowest BCUT2D eigenvalue weighted by Crippen LogP contribution is -2.31. The number of nitrogens with zero attached hydrogens (tertiary/aromatic N) is 1. The minimum absolute atomic E-state index is 0.232. The molecule has 1 amide bonds. The van der Waals surface area contributed by atoms with E-state index >= 15 is 0 Å². The highest BCUT2D eigenvalue weighted by Crippen LogP contribution is 2.20. The molecule has 0 unspecified atom stereocenters. The van der Waals surface area contributed by atoms with Gasteiger partial charge in [0.2, 0.25) is 0 Å². The molecule has 0 bridgehead atoms. The predicted molar refractivity (Wildman–Crippen MR) is 78.8 cm³/mol. The van der Waals surface area contributed by atoms with E-state index in [0.717, 1.165) is 13.0 Å². The summed E-state index contributed by atoms with van der Waals surface area (Å²) in [6.45, 7) is 1.76. The molecule has 1 fully saturated rings. The summed E-state index contributed by atoms with van der Waals surface area (Å²) in [4.78, 5) is 14.4. The first-order valence-corrected chi connectivity index (χ1v) is 7.31. The quantitative estimate of drug-likeness (QED) is 0.941. The molecule has 1 aliphatic heterocycles. The Morgan fingerprint density at radius 2 is 2.33 bits per heavy atom. The number of furan rings is 1. The highest BCUT2D eigenvalue weighted by atomic mass is 19.1. The van der Waals surface area contributed by atoms with Gasteiger partial charge in [0, 0.05) is 18.0 Å². The second-order valence-electron chi connectivity index (χ2n) is 5.61. The zero-order valence-corrected chi connectivity index (χ0v) is 12.1. The van der Waals surface area contributed by atoms with Crippen molar-refractivity contribution in [1.29, 1.82) is 0 Å². The third kappa shape index (κ3) is 3.08. The van der Waals surface area contributed by atoms with Crippen molar-refractivity contribution >= 4 is 16.9 Å². The highest BCUT2D eigenvalue weighted by molar-refractivity contribution is 5.96. The average molecular weight is 290 g/mol. The number of halogens is 1. The molecule has 4 nitrogen and oxygen atoms in total. The molecule has 1 atom stereocenters. The van der Waals surface area contributed by atoms with Crippen molar-refractivity contribution in [3.05, 3.63) is 35.8 Å². The Morgan fingerprint density at radius 1 is 1.48 bits per heavy atom. The maximum Gasteiger partial charge on any atom is 0.287 e. The number of rotatable bonds is 4. The number of carbonyl (C=O) groups excluding carboxylic acids is 1. The second-order valence-corrected chi connectivity index (χ2v) is 5.61. The summed E-state index contributed by atoms with van der Waals surface area (Å²) in [5.41, 5.74) is 0.525. The van der Waals surface area contributed by atoms with Crippen LogP contribution in [0.25, 0.3) is 11.0 Å². The van der Waals surface area contributed by atoms with Crippen LogP contribution in [0.15, 0.2) is 28.7 Å². The monoisotopic (exact) mass is 290 g/mol. The summed E-state index contributed by atoms with van der Waals surface area (Å²) < 4.78 is 18.6. The van der Waals surface area contributed by atoms with Crippen molar-refractivity contribution in [1.82, 2.24) is 10.2 Å². The van der Waals surface area contributed by atoms with Gasteiger partial charge in [-0.25, -0.2) is 4.39 Å². The van der Waals surface area contributed by atoms with Gasteiger partial charge in [-0.15, -0.1) is 0 Å². The number of hydrogen-bond donors (Lipinski definition) is 1. The van der Waals surface area contributed by atoms with Crippen LogP contribution >= 0.6 is 0 Å². The molecule has 21 heavy (non-hydrogen) atoms. The van der Waals surface area contributed by atoms with Crippen LogP contribution in [0.4, 0.5) is 4.39 Å². The summed E-state index contributed by atoms with van der Waals surface area (Å²) in [6.07, 6.45) is 3.36. The van der Waals surface area contributed by atoms with Crippen LogP contribution in [0.5, 0.6) is 0 Å². The smallest absolute Gasteiger partial charge is 0.287 e. The zero-order valence-electron chi connectivity index (χ0n) is 12.1. The van der Waals surface area contributed by atoms with Crippen molar-refractivity contribution in [3.63, 3.8) is 0 Å². The van der Waals surface area contributed by atoms with E-state index in [1.54, 1.807) is 6.07 Å². The minimum Gasteiger partial charge on any atom is -0.451 e. The van der Waals surface area contributed by atoms with E-state index in [0.29, 0.717) is 23.6 Å². The first-order chi connectivity index (χ1) is 10.1. The van der Waals surface area contributed by atoms with Gasteiger partial charge < -0.3 is 14.6 Å². The lowest BCUT2D eigenvalue weighted by molar-refractivity contribution is 0.0925. The minimum atomic E-state index is -0.334. The Morgan fingerprint density at radius 3 is 3.10 bits per heavy atom. The number of carbonyl (C=O) groups is 1. The van der Waals surface area contributed by atoms with Crippen molar-refractivity contribution in [3.8, 4) is 0 Å². The Kier molecular flexibility index (Phi) is 3.92. The number of amides is 1. The van der Waals surface area contributed by atoms with Crippen LogP contribution in [-0.4, -0.2) is 37.0 Å². The third-order valence-electron chi connectivity index (χ3n) is 4.14. The molecule has 1 N–H and O–H groups in total. The van der Waals surface area contributed by atoms with Crippen LogP contribution in [0.2, 0.25) is 0 Å². The summed E-state index contributed by atoms with van der Waals surface area (Å²) in [5, 5.41) is 3.48. The Labute approximate surface area is 122 Å². The largest absolute Gasteiger partial charge is 0.451 e. The normalized spacial score (nSPS) is 19.2. The summed E-state index contributed by atoms with van der Waals surface area (Å²) >= 11 is 0. The zero-order chi connectivity index (χ0) is 14.8. The van der Waals surface area contributed by atoms with E-state index in [1.807, 2.05) is 0 Å². The number of nitrogens with one attached hydrogen (secondary N) is 1. The summed E-state index contributed by atoms with van der Waals surface area (Å²) in [7, 11) is 2.12. The van der Waals surface area contributed by atoms with E-state index in [2.05, 4.69) is 17.3 Å². The van der Waals surface area contributed by atoms with Crippen LogP contribution in [0.1, 0.15) is 29.8 Å². The molecular weight excluding hydrogens is 271 g/mol. The molecule has 3 rings (SSSR count). The maximum absolute atomic E-state index is 13.1. The van der Waals surface area contributed by atoms with Crippen molar-refractivity contribution < 1.29 is 13.6 Å². The predicted octanol–water partition coefficient (Wildman–Crippen LogP) is 2.79. The first kappa shape index (κ1) is 14.1. The SMILES string of the molecule is CN1CCC[C@H]1CCNC(=O)c1cc2cc(F)ccc2o1. The van der Waals surface area contributed by atoms with Crippen LogP contribution in [0, 0.1) is 5.82 Å². The number of hydrogen-bond acceptors (Lipinski definition) is 3. The Balaban J connectivity index is 1.59. The van der Waals surface area contributed by atoms with E-state index < -0.39 is 0 Å². The van der Waals surface area contributed by atoms with Crippen molar-refractivity contribution in [2.75, 3.05) is 20.1 Å². The first-order valence-electron chi connectivity index (χ1n) is 7.31. The third-order valence-corrected chi connectivity index (χ3v) is 4.14. The van der Waals surface area contributed by atoms with Crippen LogP contribution in [-0.2, 0) is 0 Å². The lowest BCUT2D eigenvalue weighted by atomic mass is 10.1. The van der Waals surface area contributed by atoms with Gasteiger partial charge in [0.05, 0.1) is 0 Å². The lowest BCUT2D eigenvalue weighted by Gasteiger charge is -2.18. The van der Waals surface area contributed by atoms with E-state index in [9.17, 15) is 9.18 Å². The van der Waals surface area contributed by atoms with Gasteiger partial charge in [-0.3, -0.25) is 4.79 Å². The topological polar surface area (TPSA) is 45.5 Å². The molecule has 1 aliphatic rings. The van der Waals surface area contributed by atoms with Gasteiger partial charge >= 0.3 is 0 Å². The van der Waals surface area contributed by atoms with Gasteiger partial charge in [0.1, 0.15) is 11.4 Å². The summed E-state index contributed by atoms with van der Waals surface area (Å²) in [5.74, 6) is -0.345.